The minimum atomic E-state index is -0.899. The van der Waals surface area contributed by atoms with Gasteiger partial charge >= 0.3 is 0 Å². The molecule has 0 aliphatic carbocycles. The molecular formula is C21H16ClF2N5O3. The van der Waals surface area contributed by atoms with Gasteiger partial charge in [-0.3, -0.25) is 14.4 Å². The average Bonchev–Trinajstić information content (AvgIpc) is 3.09. The number of fused-ring (bicyclic) bond motifs is 1. The highest BCUT2D eigenvalue weighted by Crippen LogP contribution is 2.33. The number of hydrogen-bond donors (Lipinski definition) is 3. The molecule has 1 unspecified atom stereocenters. The zero-order valence-corrected chi connectivity index (χ0v) is 17.3. The summed E-state index contributed by atoms with van der Waals surface area (Å²) < 4.78 is 28.9. The Kier molecular flexibility index (Phi) is 5.62. The zero-order valence-electron chi connectivity index (χ0n) is 16.6. The molecule has 3 N–H and O–H groups in total. The molecule has 1 atom stereocenters. The molecule has 1 aromatic heterocycles. The Balaban J connectivity index is 1.83. The molecule has 164 valence electrons. The van der Waals surface area contributed by atoms with E-state index in [4.69, 9.17) is 11.6 Å². The van der Waals surface area contributed by atoms with Gasteiger partial charge in [-0.25, -0.2) is 13.8 Å². The molecule has 2 heterocycles. The first kappa shape index (κ1) is 21.4. The molecule has 3 aromatic rings. The van der Waals surface area contributed by atoms with E-state index >= 15 is 0 Å². The van der Waals surface area contributed by atoms with Crippen molar-refractivity contribution in [3.8, 4) is 0 Å². The second kappa shape index (κ2) is 8.39. The van der Waals surface area contributed by atoms with Crippen LogP contribution in [-0.2, 0) is 11.3 Å². The van der Waals surface area contributed by atoms with Crippen molar-refractivity contribution in [3.05, 3.63) is 81.8 Å². The fourth-order valence-corrected chi connectivity index (χ4v) is 3.73. The fourth-order valence-electron chi connectivity index (χ4n) is 3.51. The third kappa shape index (κ3) is 4.04. The summed E-state index contributed by atoms with van der Waals surface area (Å²) >= 11 is 5.84. The number of halogens is 3. The second-order valence-electron chi connectivity index (χ2n) is 7.00. The van der Waals surface area contributed by atoms with E-state index in [0.717, 1.165) is 12.1 Å². The first-order valence-electron chi connectivity index (χ1n) is 9.41. The van der Waals surface area contributed by atoms with E-state index in [0.29, 0.717) is 5.56 Å². The minimum absolute atomic E-state index is 0.0259. The molecule has 0 bridgehead atoms. The second-order valence-corrected chi connectivity index (χ2v) is 7.44. The summed E-state index contributed by atoms with van der Waals surface area (Å²) in [7, 11) is 1.39. The molecule has 0 saturated heterocycles. The Labute approximate surface area is 185 Å². The maximum atomic E-state index is 13.9. The number of nitrogens with zero attached hydrogens (tertiary/aromatic N) is 2. The number of rotatable bonds is 4. The lowest BCUT2D eigenvalue weighted by atomic mass is 10.0. The standard InChI is InChI=1S/C21H16ClF2N5O3/c1-25-21(32)19-27-18(28-20(31)11-5-12(22)8-14(24)7-11)17-16(26-15(30)9-29(17)19)10-3-2-4-13(23)6-10/h2-8,16H,9H2,1H3,(H,25,32)(H,26,30)(H,28,31). The van der Waals surface area contributed by atoms with E-state index in [1.54, 1.807) is 6.07 Å². The van der Waals surface area contributed by atoms with Gasteiger partial charge in [0.05, 0.1) is 11.7 Å². The Bertz CT molecular complexity index is 1240. The van der Waals surface area contributed by atoms with Gasteiger partial charge in [0.25, 0.3) is 11.8 Å². The van der Waals surface area contributed by atoms with E-state index in [2.05, 4.69) is 20.9 Å². The Morgan fingerprint density at radius 1 is 1.16 bits per heavy atom. The molecule has 0 radical (unpaired) electrons. The van der Waals surface area contributed by atoms with Crippen molar-refractivity contribution >= 4 is 35.1 Å². The van der Waals surface area contributed by atoms with Crippen molar-refractivity contribution < 1.29 is 23.2 Å². The Morgan fingerprint density at radius 3 is 2.62 bits per heavy atom. The van der Waals surface area contributed by atoms with Gasteiger partial charge in [0.15, 0.2) is 5.82 Å². The van der Waals surface area contributed by atoms with Gasteiger partial charge in [0, 0.05) is 17.6 Å². The van der Waals surface area contributed by atoms with Crippen molar-refractivity contribution in [1.82, 2.24) is 20.2 Å². The van der Waals surface area contributed by atoms with Gasteiger partial charge in [-0.05, 0) is 35.9 Å². The Hall–Kier alpha value is -3.79. The predicted molar refractivity (Wildman–Crippen MR) is 111 cm³/mol. The predicted octanol–water partition coefficient (Wildman–Crippen LogP) is 2.65. The van der Waals surface area contributed by atoms with E-state index in [9.17, 15) is 23.2 Å². The lowest BCUT2D eigenvalue weighted by molar-refractivity contribution is -0.123. The lowest BCUT2D eigenvalue weighted by Gasteiger charge is -2.27. The lowest BCUT2D eigenvalue weighted by Crippen LogP contribution is -2.40. The summed E-state index contributed by atoms with van der Waals surface area (Å²) in [6, 6.07) is 7.96. The van der Waals surface area contributed by atoms with Crippen LogP contribution < -0.4 is 16.0 Å². The van der Waals surface area contributed by atoms with Crippen molar-refractivity contribution in [1.29, 1.82) is 0 Å². The van der Waals surface area contributed by atoms with Gasteiger partial charge in [0.2, 0.25) is 11.7 Å². The van der Waals surface area contributed by atoms with Crippen molar-refractivity contribution in [2.24, 2.45) is 0 Å². The summed E-state index contributed by atoms with van der Waals surface area (Å²) in [5.74, 6) is -3.14. The number of benzene rings is 2. The molecule has 2 aromatic carbocycles. The number of carbonyl (C=O) groups excluding carboxylic acids is 3. The first-order chi connectivity index (χ1) is 15.3. The van der Waals surface area contributed by atoms with Crippen LogP contribution in [0.15, 0.2) is 42.5 Å². The van der Waals surface area contributed by atoms with Crippen LogP contribution in [0.25, 0.3) is 0 Å². The smallest absolute Gasteiger partial charge is 0.287 e. The molecule has 0 spiro atoms. The van der Waals surface area contributed by atoms with Gasteiger partial charge in [-0.1, -0.05) is 23.7 Å². The average molecular weight is 460 g/mol. The van der Waals surface area contributed by atoms with Crippen LogP contribution in [0.4, 0.5) is 14.6 Å². The summed E-state index contributed by atoms with van der Waals surface area (Å²) in [5.41, 5.74) is 0.581. The van der Waals surface area contributed by atoms with Gasteiger partial charge in [-0.2, -0.15) is 0 Å². The Morgan fingerprint density at radius 2 is 1.94 bits per heavy atom. The third-order valence-corrected chi connectivity index (χ3v) is 5.07. The van der Waals surface area contributed by atoms with Gasteiger partial charge in [0.1, 0.15) is 18.2 Å². The maximum Gasteiger partial charge on any atom is 0.287 e. The van der Waals surface area contributed by atoms with E-state index in [-0.39, 0.29) is 34.5 Å². The van der Waals surface area contributed by atoms with Crippen LogP contribution in [-0.4, -0.2) is 34.3 Å². The highest BCUT2D eigenvalue weighted by molar-refractivity contribution is 6.31. The van der Waals surface area contributed by atoms with Crippen molar-refractivity contribution in [2.45, 2.75) is 12.6 Å². The molecule has 4 rings (SSSR count). The zero-order chi connectivity index (χ0) is 23.0. The van der Waals surface area contributed by atoms with E-state index < -0.39 is 35.4 Å². The van der Waals surface area contributed by atoms with Gasteiger partial charge in [-0.15, -0.1) is 0 Å². The number of nitrogens with one attached hydrogen (secondary N) is 3. The van der Waals surface area contributed by atoms with Crippen LogP contribution in [0, 0.1) is 11.6 Å². The van der Waals surface area contributed by atoms with Crippen LogP contribution in [0.3, 0.4) is 0 Å². The quantitative estimate of drug-likeness (QED) is 0.557. The molecule has 1 aliphatic rings. The normalized spacial score (nSPS) is 15.0. The topological polar surface area (TPSA) is 105 Å². The van der Waals surface area contributed by atoms with E-state index in [1.165, 1.54) is 35.9 Å². The molecule has 0 saturated carbocycles. The highest BCUT2D eigenvalue weighted by Gasteiger charge is 2.34. The SMILES string of the molecule is CNC(=O)c1nc(NC(=O)c2cc(F)cc(Cl)c2)c2n1CC(=O)NC2c1cccc(F)c1. The number of anilines is 1. The van der Waals surface area contributed by atoms with Crippen LogP contribution in [0.1, 0.15) is 38.3 Å². The summed E-state index contributed by atoms with van der Waals surface area (Å²) in [6.45, 7) is -0.238. The molecule has 32 heavy (non-hydrogen) atoms. The molecular weight excluding hydrogens is 444 g/mol. The number of carbonyl (C=O) groups is 3. The summed E-state index contributed by atoms with van der Waals surface area (Å²) in [5, 5.41) is 7.73. The van der Waals surface area contributed by atoms with Crippen LogP contribution >= 0.6 is 11.6 Å². The number of amides is 3. The molecule has 11 heteroatoms. The molecule has 3 amide bonds. The molecule has 0 fully saturated rings. The summed E-state index contributed by atoms with van der Waals surface area (Å²) in [4.78, 5) is 41.7. The summed E-state index contributed by atoms with van der Waals surface area (Å²) in [6.07, 6.45) is 0. The molecule has 8 nitrogen and oxygen atoms in total. The number of hydrogen-bond acceptors (Lipinski definition) is 4. The maximum absolute atomic E-state index is 13.9. The number of aromatic nitrogens is 2. The number of imidazole rings is 1. The van der Waals surface area contributed by atoms with Crippen molar-refractivity contribution in [2.75, 3.05) is 12.4 Å². The monoisotopic (exact) mass is 459 g/mol. The first-order valence-corrected chi connectivity index (χ1v) is 9.79. The third-order valence-electron chi connectivity index (χ3n) is 4.86. The molecule has 1 aliphatic heterocycles. The fraction of sp³-hybridized carbons (Fsp3) is 0.143. The van der Waals surface area contributed by atoms with Crippen LogP contribution in [0.2, 0.25) is 5.02 Å². The van der Waals surface area contributed by atoms with Crippen LogP contribution in [0.5, 0.6) is 0 Å². The largest absolute Gasteiger partial charge is 0.352 e. The minimum Gasteiger partial charge on any atom is -0.352 e. The van der Waals surface area contributed by atoms with Crippen molar-refractivity contribution in [3.63, 3.8) is 0 Å². The van der Waals surface area contributed by atoms with Gasteiger partial charge < -0.3 is 20.5 Å². The van der Waals surface area contributed by atoms with E-state index in [1.807, 2.05) is 0 Å². The highest BCUT2D eigenvalue weighted by atomic mass is 35.5.